The Kier molecular flexibility index (Phi) is 6.08. The maximum absolute atomic E-state index is 5.42. The first-order chi connectivity index (χ1) is 13.1. The van der Waals surface area contributed by atoms with Crippen molar-refractivity contribution in [1.29, 1.82) is 0 Å². The number of ether oxygens (including phenoxy) is 2. The maximum atomic E-state index is 5.42. The lowest BCUT2D eigenvalue weighted by molar-refractivity contribution is 0.355. The Morgan fingerprint density at radius 2 is 1.93 bits per heavy atom. The van der Waals surface area contributed by atoms with Crippen molar-refractivity contribution in [2.75, 3.05) is 34.9 Å². The molecule has 0 aliphatic carbocycles. The molecule has 0 fully saturated rings. The summed E-state index contributed by atoms with van der Waals surface area (Å²) in [6, 6.07) is 7.80. The van der Waals surface area contributed by atoms with Crippen molar-refractivity contribution >= 4 is 11.7 Å². The molecule has 2 heterocycles. The van der Waals surface area contributed by atoms with Gasteiger partial charge >= 0.3 is 0 Å². The van der Waals surface area contributed by atoms with Crippen molar-refractivity contribution in [1.82, 2.24) is 19.5 Å². The molecule has 0 amide bonds. The maximum Gasteiger partial charge on any atom is 0.163 e. The molecular formula is C21H26N4O2. The molecule has 0 aliphatic heterocycles. The summed E-state index contributed by atoms with van der Waals surface area (Å²) >= 11 is 0. The lowest BCUT2D eigenvalue weighted by atomic mass is 10.1. The van der Waals surface area contributed by atoms with Crippen molar-refractivity contribution in [3.05, 3.63) is 48.4 Å². The van der Waals surface area contributed by atoms with E-state index in [0.29, 0.717) is 11.5 Å². The second kappa shape index (κ2) is 8.68. The molecule has 0 atom stereocenters. The summed E-state index contributed by atoms with van der Waals surface area (Å²) in [6.45, 7) is 1.09. The minimum atomic E-state index is 0.686. The Labute approximate surface area is 160 Å². The summed E-state index contributed by atoms with van der Waals surface area (Å²) in [6.07, 6.45) is 10.2. The van der Waals surface area contributed by atoms with Gasteiger partial charge < -0.3 is 14.4 Å². The van der Waals surface area contributed by atoms with Crippen LogP contribution in [-0.2, 0) is 0 Å². The van der Waals surface area contributed by atoms with E-state index in [4.69, 9.17) is 14.5 Å². The fourth-order valence-corrected chi connectivity index (χ4v) is 2.91. The number of aromatic nitrogens is 3. The number of allylic oxidation sites excluding steroid dienone is 1. The first-order valence-corrected chi connectivity index (χ1v) is 9.00. The lowest BCUT2D eigenvalue weighted by Gasteiger charge is -2.09. The fourth-order valence-electron chi connectivity index (χ4n) is 2.91. The molecule has 0 saturated heterocycles. The van der Waals surface area contributed by atoms with Gasteiger partial charge in [0.25, 0.3) is 0 Å². The van der Waals surface area contributed by atoms with E-state index in [1.165, 1.54) is 0 Å². The predicted molar refractivity (Wildman–Crippen MR) is 108 cm³/mol. The SMILES string of the molecule is COc1ccc(-c2cnn3ccc(/C=C/CCCN(C)C)nc23)cc1OC. The molecule has 0 aliphatic rings. The highest BCUT2D eigenvalue weighted by atomic mass is 16.5. The van der Waals surface area contributed by atoms with E-state index in [1.807, 2.05) is 36.7 Å². The van der Waals surface area contributed by atoms with Crippen molar-refractivity contribution in [2.24, 2.45) is 0 Å². The van der Waals surface area contributed by atoms with Crippen molar-refractivity contribution < 1.29 is 9.47 Å². The second-order valence-electron chi connectivity index (χ2n) is 6.60. The molecule has 0 spiro atoms. The van der Waals surface area contributed by atoms with Gasteiger partial charge in [0.2, 0.25) is 0 Å². The van der Waals surface area contributed by atoms with Crippen LogP contribution in [0.5, 0.6) is 11.5 Å². The van der Waals surface area contributed by atoms with E-state index in [2.05, 4.69) is 36.2 Å². The van der Waals surface area contributed by atoms with Crippen LogP contribution >= 0.6 is 0 Å². The molecule has 3 rings (SSSR count). The average molecular weight is 366 g/mol. The van der Waals surface area contributed by atoms with Gasteiger partial charge in [0.1, 0.15) is 0 Å². The third-order valence-corrected chi connectivity index (χ3v) is 4.35. The highest BCUT2D eigenvalue weighted by Gasteiger charge is 2.12. The van der Waals surface area contributed by atoms with Gasteiger partial charge in [0.15, 0.2) is 17.1 Å². The predicted octanol–water partition coefficient (Wildman–Crippen LogP) is 3.77. The first-order valence-electron chi connectivity index (χ1n) is 9.00. The number of hydrogen-bond donors (Lipinski definition) is 0. The van der Waals surface area contributed by atoms with E-state index in [-0.39, 0.29) is 0 Å². The van der Waals surface area contributed by atoms with E-state index in [9.17, 15) is 0 Å². The summed E-state index contributed by atoms with van der Waals surface area (Å²) in [5.74, 6) is 1.39. The third-order valence-electron chi connectivity index (χ3n) is 4.35. The molecule has 6 nitrogen and oxygen atoms in total. The molecule has 27 heavy (non-hydrogen) atoms. The largest absolute Gasteiger partial charge is 0.493 e. The van der Waals surface area contributed by atoms with E-state index >= 15 is 0 Å². The zero-order chi connectivity index (χ0) is 19.2. The van der Waals surface area contributed by atoms with E-state index in [0.717, 1.165) is 41.9 Å². The molecule has 0 unspecified atom stereocenters. The molecule has 142 valence electrons. The van der Waals surface area contributed by atoms with Gasteiger partial charge in [0, 0.05) is 11.8 Å². The Hall–Kier alpha value is -2.86. The van der Waals surface area contributed by atoms with Crippen LogP contribution in [0, 0.1) is 0 Å². The zero-order valence-electron chi connectivity index (χ0n) is 16.3. The van der Waals surface area contributed by atoms with Gasteiger partial charge in [-0.2, -0.15) is 5.10 Å². The number of fused-ring (bicyclic) bond motifs is 1. The molecule has 0 N–H and O–H groups in total. The van der Waals surface area contributed by atoms with Crippen LogP contribution in [0.4, 0.5) is 0 Å². The molecule has 0 radical (unpaired) electrons. The third kappa shape index (κ3) is 4.46. The standard InChI is InChI=1S/C21H26N4O2/c1-24(2)12-7-5-6-8-17-11-13-25-21(23-17)18(15-22-25)16-9-10-19(26-3)20(14-16)27-4/h6,8-11,13-15H,5,7,12H2,1-4H3/b8-6+. The number of unbranched alkanes of at least 4 members (excludes halogenated alkanes) is 1. The second-order valence-corrected chi connectivity index (χ2v) is 6.60. The van der Waals surface area contributed by atoms with E-state index in [1.54, 1.807) is 18.7 Å². The molecule has 1 aromatic carbocycles. The van der Waals surface area contributed by atoms with Crippen LogP contribution in [0.3, 0.4) is 0 Å². The highest BCUT2D eigenvalue weighted by Crippen LogP contribution is 2.33. The van der Waals surface area contributed by atoms with Gasteiger partial charge in [0.05, 0.1) is 26.1 Å². The summed E-state index contributed by atoms with van der Waals surface area (Å²) in [4.78, 5) is 6.97. The summed E-state index contributed by atoms with van der Waals surface area (Å²) < 4.78 is 12.5. The number of hydrogen-bond acceptors (Lipinski definition) is 5. The quantitative estimate of drug-likeness (QED) is 0.568. The van der Waals surface area contributed by atoms with Gasteiger partial charge in [-0.1, -0.05) is 12.1 Å². The van der Waals surface area contributed by atoms with Gasteiger partial charge in [-0.15, -0.1) is 0 Å². The van der Waals surface area contributed by atoms with Crippen LogP contribution in [0.25, 0.3) is 22.9 Å². The monoisotopic (exact) mass is 366 g/mol. The van der Waals surface area contributed by atoms with Crippen LogP contribution in [0.2, 0.25) is 0 Å². The van der Waals surface area contributed by atoms with Gasteiger partial charge in [-0.25, -0.2) is 9.50 Å². The summed E-state index contributed by atoms with van der Waals surface area (Å²) in [7, 11) is 7.45. The highest BCUT2D eigenvalue weighted by molar-refractivity contribution is 5.79. The first kappa shape index (κ1) is 18.9. The minimum absolute atomic E-state index is 0.686. The molecular weight excluding hydrogens is 340 g/mol. The van der Waals surface area contributed by atoms with Crippen LogP contribution < -0.4 is 9.47 Å². The molecule has 0 saturated carbocycles. The topological polar surface area (TPSA) is 51.9 Å². The number of nitrogens with zero attached hydrogens (tertiary/aromatic N) is 4. The van der Waals surface area contributed by atoms with Crippen LogP contribution in [-0.4, -0.2) is 54.4 Å². The Morgan fingerprint density at radius 1 is 1.11 bits per heavy atom. The van der Waals surface area contributed by atoms with Crippen molar-refractivity contribution in [3.8, 4) is 22.6 Å². The average Bonchev–Trinajstić information content (AvgIpc) is 3.10. The van der Waals surface area contributed by atoms with Gasteiger partial charge in [-0.05, 0) is 63.3 Å². The Bertz CT molecular complexity index is 931. The number of rotatable bonds is 8. The lowest BCUT2D eigenvalue weighted by Crippen LogP contribution is -2.12. The molecule has 3 aromatic rings. The summed E-state index contributed by atoms with van der Waals surface area (Å²) in [5.41, 5.74) is 3.69. The Balaban J connectivity index is 1.86. The molecule has 0 bridgehead atoms. The van der Waals surface area contributed by atoms with Crippen molar-refractivity contribution in [2.45, 2.75) is 12.8 Å². The van der Waals surface area contributed by atoms with Crippen LogP contribution in [0.15, 0.2) is 42.7 Å². The number of methoxy groups -OCH3 is 2. The van der Waals surface area contributed by atoms with E-state index < -0.39 is 0 Å². The Morgan fingerprint density at radius 3 is 2.67 bits per heavy atom. The smallest absolute Gasteiger partial charge is 0.163 e. The minimum Gasteiger partial charge on any atom is -0.493 e. The van der Waals surface area contributed by atoms with Gasteiger partial charge in [-0.3, -0.25) is 0 Å². The van der Waals surface area contributed by atoms with Crippen LogP contribution in [0.1, 0.15) is 18.5 Å². The van der Waals surface area contributed by atoms with Crippen molar-refractivity contribution in [3.63, 3.8) is 0 Å². The molecule has 2 aromatic heterocycles. The summed E-state index contributed by atoms with van der Waals surface area (Å²) in [5, 5.41) is 4.42. The fraction of sp³-hybridized carbons (Fsp3) is 0.333. The normalized spacial score (nSPS) is 11.6. The number of benzene rings is 1. The molecule has 6 heteroatoms. The zero-order valence-corrected chi connectivity index (χ0v) is 16.3.